The Kier molecular flexibility index (Phi) is 4.71. The summed E-state index contributed by atoms with van der Waals surface area (Å²) in [7, 11) is 0. The predicted molar refractivity (Wildman–Crippen MR) is 104 cm³/mol. The summed E-state index contributed by atoms with van der Waals surface area (Å²) < 4.78 is 5.70. The number of anilines is 1. The molecule has 1 fully saturated rings. The van der Waals surface area contributed by atoms with E-state index in [1.54, 1.807) is 11.0 Å². The van der Waals surface area contributed by atoms with Crippen LogP contribution in [0.4, 0.5) is 5.69 Å². The summed E-state index contributed by atoms with van der Waals surface area (Å²) >= 11 is 0. The van der Waals surface area contributed by atoms with Crippen molar-refractivity contribution < 1.29 is 14.3 Å². The van der Waals surface area contributed by atoms with E-state index in [0.29, 0.717) is 12.3 Å². The Morgan fingerprint density at radius 3 is 2.22 bits per heavy atom. The summed E-state index contributed by atoms with van der Waals surface area (Å²) in [6.45, 7) is 0.342. The van der Waals surface area contributed by atoms with Gasteiger partial charge in [-0.3, -0.25) is 9.59 Å². The zero-order valence-electron chi connectivity index (χ0n) is 14.7. The fraction of sp³-hybridized carbons (Fsp3) is 0.130. The molecule has 3 aromatic rings. The smallest absolute Gasteiger partial charge is 0.316 e. The van der Waals surface area contributed by atoms with Crippen molar-refractivity contribution in [3.05, 3.63) is 84.9 Å². The zero-order valence-corrected chi connectivity index (χ0v) is 14.7. The Labute approximate surface area is 158 Å². The van der Waals surface area contributed by atoms with Crippen molar-refractivity contribution in [3.63, 3.8) is 0 Å². The predicted octanol–water partition coefficient (Wildman–Crippen LogP) is 4.31. The number of nitrogens with zero attached hydrogens (tertiary/aromatic N) is 1. The van der Waals surface area contributed by atoms with Crippen molar-refractivity contribution in [2.75, 3.05) is 11.4 Å². The van der Waals surface area contributed by atoms with Gasteiger partial charge in [0.2, 0.25) is 5.91 Å². The van der Waals surface area contributed by atoms with Gasteiger partial charge in [0.25, 0.3) is 0 Å². The van der Waals surface area contributed by atoms with Crippen molar-refractivity contribution in [3.8, 4) is 16.9 Å². The zero-order chi connectivity index (χ0) is 18.6. The molecule has 1 amide bonds. The molecule has 0 N–H and O–H groups in total. The minimum atomic E-state index is -0.471. The minimum Gasteiger partial charge on any atom is -0.426 e. The van der Waals surface area contributed by atoms with E-state index < -0.39 is 5.92 Å². The molecular weight excluding hydrogens is 338 g/mol. The molecule has 0 aliphatic carbocycles. The third-order valence-corrected chi connectivity index (χ3v) is 4.71. The van der Waals surface area contributed by atoms with Crippen LogP contribution >= 0.6 is 0 Å². The van der Waals surface area contributed by atoms with Crippen LogP contribution in [0.5, 0.6) is 5.75 Å². The van der Waals surface area contributed by atoms with Crippen molar-refractivity contribution in [1.29, 1.82) is 0 Å². The number of esters is 1. The standard InChI is InChI=1S/C23H19NO3/c25-22-15-18(16-24(22)19-11-5-2-6-12-19)23(26)27-21-14-8-7-13-20(21)17-9-3-1-4-10-17/h1-14,18H,15-16H2/t18-/m1/s1. The van der Waals surface area contributed by atoms with Crippen LogP contribution in [0.1, 0.15) is 6.42 Å². The Hall–Kier alpha value is -3.40. The van der Waals surface area contributed by atoms with Gasteiger partial charge in [-0.1, -0.05) is 66.7 Å². The summed E-state index contributed by atoms with van der Waals surface area (Å²) in [6, 6.07) is 26.6. The number of amides is 1. The molecule has 134 valence electrons. The number of rotatable bonds is 4. The number of ether oxygens (including phenoxy) is 1. The minimum absolute atomic E-state index is 0.0560. The third-order valence-electron chi connectivity index (χ3n) is 4.71. The molecule has 27 heavy (non-hydrogen) atoms. The topological polar surface area (TPSA) is 46.6 Å². The van der Waals surface area contributed by atoms with Crippen LogP contribution in [0.15, 0.2) is 84.9 Å². The molecule has 4 rings (SSSR count). The maximum Gasteiger partial charge on any atom is 0.316 e. The van der Waals surface area contributed by atoms with E-state index >= 15 is 0 Å². The van der Waals surface area contributed by atoms with Crippen molar-refractivity contribution in [2.24, 2.45) is 5.92 Å². The van der Waals surface area contributed by atoms with Gasteiger partial charge in [0.1, 0.15) is 5.75 Å². The fourth-order valence-electron chi connectivity index (χ4n) is 3.33. The second kappa shape index (κ2) is 7.46. The van der Waals surface area contributed by atoms with Crippen LogP contribution < -0.4 is 9.64 Å². The van der Waals surface area contributed by atoms with E-state index in [0.717, 1.165) is 16.8 Å². The first-order valence-corrected chi connectivity index (χ1v) is 8.94. The first-order chi connectivity index (χ1) is 13.2. The molecule has 0 unspecified atom stereocenters. The van der Waals surface area contributed by atoms with Crippen LogP contribution in [0.2, 0.25) is 0 Å². The van der Waals surface area contributed by atoms with Crippen molar-refractivity contribution >= 4 is 17.6 Å². The highest BCUT2D eigenvalue weighted by Crippen LogP contribution is 2.31. The summed E-state index contributed by atoms with van der Waals surface area (Å²) in [4.78, 5) is 26.7. The molecule has 1 saturated heterocycles. The number of carbonyl (C=O) groups is 2. The Morgan fingerprint density at radius 1 is 0.852 bits per heavy atom. The molecule has 1 aliphatic heterocycles. The lowest BCUT2D eigenvalue weighted by Gasteiger charge is -2.16. The summed E-state index contributed by atoms with van der Waals surface area (Å²) in [6.07, 6.45) is 0.168. The molecule has 4 nitrogen and oxygen atoms in total. The van der Waals surface area contributed by atoms with Gasteiger partial charge in [0.15, 0.2) is 0 Å². The second-order valence-corrected chi connectivity index (χ2v) is 6.52. The largest absolute Gasteiger partial charge is 0.426 e. The monoisotopic (exact) mass is 357 g/mol. The van der Waals surface area contributed by atoms with Gasteiger partial charge in [-0.05, 0) is 23.8 Å². The van der Waals surface area contributed by atoms with Gasteiger partial charge >= 0.3 is 5.97 Å². The van der Waals surface area contributed by atoms with Gasteiger partial charge in [0, 0.05) is 24.2 Å². The average Bonchev–Trinajstić information content (AvgIpc) is 3.12. The molecule has 3 aromatic carbocycles. The lowest BCUT2D eigenvalue weighted by molar-refractivity contribution is -0.139. The van der Waals surface area contributed by atoms with Gasteiger partial charge < -0.3 is 9.64 Å². The molecule has 1 atom stereocenters. The first-order valence-electron chi connectivity index (χ1n) is 8.94. The maximum absolute atomic E-state index is 12.7. The summed E-state index contributed by atoms with van der Waals surface area (Å²) in [5.41, 5.74) is 2.65. The third kappa shape index (κ3) is 3.60. The van der Waals surface area contributed by atoms with Crippen LogP contribution in [0, 0.1) is 5.92 Å². The highest BCUT2D eigenvalue weighted by Gasteiger charge is 2.36. The normalized spacial score (nSPS) is 16.4. The highest BCUT2D eigenvalue weighted by molar-refractivity contribution is 5.99. The molecule has 0 radical (unpaired) electrons. The SMILES string of the molecule is O=C(Oc1ccccc1-c1ccccc1)[C@@H]1CC(=O)N(c2ccccc2)C1. The maximum atomic E-state index is 12.7. The Morgan fingerprint density at radius 2 is 1.48 bits per heavy atom. The van der Waals surface area contributed by atoms with Gasteiger partial charge in [-0.2, -0.15) is 0 Å². The van der Waals surface area contributed by atoms with Crippen LogP contribution in [-0.4, -0.2) is 18.4 Å². The second-order valence-electron chi connectivity index (χ2n) is 6.52. The van der Waals surface area contributed by atoms with Crippen molar-refractivity contribution in [1.82, 2.24) is 0 Å². The van der Waals surface area contributed by atoms with E-state index in [1.165, 1.54) is 0 Å². The van der Waals surface area contributed by atoms with E-state index in [9.17, 15) is 9.59 Å². The number of hydrogen-bond acceptors (Lipinski definition) is 3. The van der Waals surface area contributed by atoms with Crippen LogP contribution in [0.25, 0.3) is 11.1 Å². The quantitative estimate of drug-likeness (QED) is 0.516. The van der Waals surface area contributed by atoms with Crippen molar-refractivity contribution in [2.45, 2.75) is 6.42 Å². The summed E-state index contributed by atoms with van der Waals surface area (Å²) in [5.74, 6) is -0.384. The first kappa shape index (κ1) is 17.0. The van der Waals surface area contributed by atoms with E-state index in [-0.39, 0.29) is 18.3 Å². The van der Waals surface area contributed by atoms with Crippen LogP contribution in [0.3, 0.4) is 0 Å². The van der Waals surface area contributed by atoms with Gasteiger partial charge in [0.05, 0.1) is 5.92 Å². The highest BCUT2D eigenvalue weighted by atomic mass is 16.5. The molecule has 4 heteroatoms. The molecule has 0 aromatic heterocycles. The summed E-state index contributed by atoms with van der Waals surface area (Å²) in [5, 5.41) is 0. The lowest BCUT2D eigenvalue weighted by atomic mass is 10.0. The molecule has 0 saturated carbocycles. The Balaban J connectivity index is 1.52. The van der Waals surface area contributed by atoms with E-state index in [1.807, 2.05) is 78.9 Å². The molecular formula is C23H19NO3. The molecule has 1 heterocycles. The lowest BCUT2D eigenvalue weighted by Crippen LogP contribution is -2.27. The van der Waals surface area contributed by atoms with E-state index in [4.69, 9.17) is 4.74 Å². The fourth-order valence-corrected chi connectivity index (χ4v) is 3.33. The number of para-hydroxylation sites is 2. The number of benzene rings is 3. The average molecular weight is 357 g/mol. The number of carbonyl (C=O) groups excluding carboxylic acids is 2. The van der Waals surface area contributed by atoms with E-state index in [2.05, 4.69) is 0 Å². The molecule has 0 spiro atoms. The molecule has 1 aliphatic rings. The van der Waals surface area contributed by atoms with Gasteiger partial charge in [-0.25, -0.2) is 0 Å². The molecule has 0 bridgehead atoms. The van der Waals surface area contributed by atoms with Gasteiger partial charge in [-0.15, -0.1) is 0 Å². The Bertz CT molecular complexity index is 954. The van der Waals surface area contributed by atoms with Crippen LogP contribution in [-0.2, 0) is 9.59 Å². The number of hydrogen-bond donors (Lipinski definition) is 0.